The van der Waals surface area contributed by atoms with E-state index in [0.29, 0.717) is 5.41 Å². The number of hydrogen-bond acceptors (Lipinski definition) is 1. The van der Waals surface area contributed by atoms with Gasteiger partial charge in [-0.15, -0.1) is 0 Å². The molecule has 0 heterocycles. The van der Waals surface area contributed by atoms with Crippen LogP contribution in [0.1, 0.15) is 60.3 Å². The van der Waals surface area contributed by atoms with Gasteiger partial charge in [-0.2, -0.15) is 0 Å². The van der Waals surface area contributed by atoms with Gasteiger partial charge in [0.25, 0.3) is 0 Å². The van der Waals surface area contributed by atoms with Crippen LogP contribution < -0.4 is 0 Å². The quantitative estimate of drug-likeness (QED) is 0.605. The monoisotopic (exact) mass is 218 g/mol. The standard InChI is InChI=1S/C12H23ClO/c1-6-11(3,4)8-9-12(5,7-2)10(13)14/h6-9H2,1-5H3. The normalized spacial score (nSPS) is 16.4. The van der Waals surface area contributed by atoms with Crippen LogP contribution in [0.3, 0.4) is 0 Å². The van der Waals surface area contributed by atoms with Gasteiger partial charge in [-0.05, 0) is 36.3 Å². The van der Waals surface area contributed by atoms with Gasteiger partial charge in [0.1, 0.15) is 0 Å². The van der Waals surface area contributed by atoms with Gasteiger partial charge in [-0.3, -0.25) is 4.79 Å². The maximum atomic E-state index is 11.3. The molecule has 1 unspecified atom stereocenters. The lowest BCUT2D eigenvalue weighted by Crippen LogP contribution is -2.25. The largest absolute Gasteiger partial charge is 0.281 e. The molecule has 0 aliphatic carbocycles. The SMILES string of the molecule is CCC(C)(C)CCC(C)(CC)C(=O)Cl. The van der Waals surface area contributed by atoms with Gasteiger partial charge in [0.15, 0.2) is 0 Å². The average molecular weight is 219 g/mol. The molecule has 0 saturated carbocycles. The summed E-state index contributed by atoms with van der Waals surface area (Å²) in [4.78, 5) is 11.3. The highest BCUT2D eigenvalue weighted by atomic mass is 35.5. The predicted octanol–water partition coefficient (Wildman–Crippen LogP) is 4.38. The summed E-state index contributed by atoms with van der Waals surface area (Å²) in [5.41, 5.74) is -0.00321. The van der Waals surface area contributed by atoms with Gasteiger partial charge in [-0.1, -0.05) is 41.0 Å². The summed E-state index contributed by atoms with van der Waals surface area (Å²) in [7, 11) is 0. The first-order valence-electron chi connectivity index (χ1n) is 5.47. The first kappa shape index (κ1) is 14.0. The van der Waals surface area contributed by atoms with E-state index in [1.165, 1.54) is 0 Å². The zero-order valence-corrected chi connectivity index (χ0v) is 10.9. The zero-order valence-electron chi connectivity index (χ0n) is 10.1. The summed E-state index contributed by atoms with van der Waals surface area (Å²) in [6.45, 7) is 10.7. The van der Waals surface area contributed by atoms with E-state index in [2.05, 4.69) is 20.8 Å². The summed E-state index contributed by atoms with van der Waals surface area (Å²) < 4.78 is 0. The highest BCUT2D eigenvalue weighted by Gasteiger charge is 2.31. The molecule has 0 N–H and O–H groups in total. The zero-order chi connectivity index (χ0) is 11.4. The van der Waals surface area contributed by atoms with Crippen LogP contribution in [0.2, 0.25) is 0 Å². The Morgan fingerprint density at radius 1 is 1.07 bits per heavy atom. The lowest BCUT2D eigenvalue weighted by atomic mass is 9.76. The average Bonchev–Trinajstić information content (AvgIpc) is 2.14. The molecule has 0 amide bonds. The third-order valence-electron chi connectivity index (χ3n) is 3.57. The Morgan fingerprint density at radius 3 is 1.86 bits per heavy atom. The molecule has 0 saturated heterocycles. The van der Waals surface area contributed by atoms with Crippen LogP contribution in [0.4, 0.5) is 0 Å². The molecule has 0 rings (SSSR count). The molecule has 2 heteroatoms. The summed E-state index contributed by atoms with van der Waals surface area (Å²) >= 11 is 5.62. The third kappa shape index (κ3) is 4.00. The van der Waals surface area contributed by atoms with Crippen molar-refractivity contribution in [2.24, 2.45) is 10.8 Å². The lowest BCUT2D eigenvalue weighted by Gasteiger charge is -2.29. The van der Waals surface area contributed by atoms with Crippen molar-refractivity contribution < 1.29 is 4.79 Å². The van der Waals surface area contributed by atoms with Crippen LogP contribution in [-0.4, -0.2) is 5.24 Å². The Bertz CT molecular complexity index is 198. The Morgan fingerprint density at radius 2 is 1.57 bits per heavy atom. The minimum Gasteiger partial charge on any atom is -0.281 e. The van der Waals surface area contributed by atoms with Crippen molar-refractivity contribution >= 4 is 16.8 Å². The Hall–Kier alpha value is -0.0400. The summed E-state index contributed by atoms with van der Waals surface area (Å²) in [6, 6.07) is 0. The van der Waals surface area contributed by atoms with E-state index < -0.39 is 0 Å². The second-order valence-electron chi connectivity index (χ2n) is 5.21. The molecule has 0 fully saturated rings. The van der Waals surface area contributed by atoms with Crippen LogP contribution in [0.15, 0.2) is 0 Å². The Labute approximate surface area is 93.2 Å². The summed E-state index contributed by atoms with van der Waals surface area (Å²) in [5.74, 6) is 0. The number of carbonyl (C=O) groups is 1. The van der Waals surface area contributed by atoms with Gasteiger partial charge < -0.3 is 0 Å². The minimum atomic E-state index is -0.325. The van der Waals surface area contributed by atoms with E-state index in [9.17, 15) is 4.79 Å². The van der Waals surface area contributed by atoms with Crippen molar-refractivity contribution in [2.75, 3.05) is 0 Å². The van der Waals surface area contributed by atoms with Gasteiger partial charge >= 0.3 is 0 Å². The van der Waals surface area contributed by atoms with E-state index in [1.54, 1.807) is 0 Å². The molecule has 84 valence electrons. The molecule has 0 spiro atoms. The molecule has 0 aliphatic rings. The van der Waals surface area contributed by atoms with Crippen LogP contribution in [0.25, 0.3) is 0 Å². The molecule has 0 radical (unpaired) electrons. The fourth-order valence-electron chi connectivity index (χ4n) is 1.21. The van der Waals surface area contributed by atoms with E-state index in [0.717, 1.165) is 25.7 Å². The molecule has 0 aliphatic heterocycles. The van der Waals surface area contributed by atoms with E-state index in [4.69, 9.17) is 11.6 Å². The summed E-state index contributed by atoms with van der Waals surface area (Å²) in [6.07, 6.45) is 3.93. The van der Waals surface area contributed by atoms with Crippen molar-refractivity contribution in [3.63, 3.8) is 0 Å². The van der Waals surface area contributed by atoms with Crippen molar-refractivity contribution in [1.82, 2.24) is 0 Å². The molecule has 0 aromatic carbocycles. The van der Waals surface area contributed by atoms with Gasteiger partial charge in [0, 0.05) is 5.41 Å². The van der Waals surface area contributed by atoms with Gasteiger partial charge in [0.2, 0.25) is 5.24 Å². The van der Waals surface area contributed by atoms with Crippen LogP contribution in [0, 0.1) is 10.8 Å². The number of rotatable bonds is 6. The second kappa shape index (κ2) is 5.16. The van der Waals surface area contributed by atoms with E-state index in [-0.39, 0.29) is 10.7 Å². The Balaban J connectivity index is 4.29. The highest BCUT2D eigenvalue weighted by molar-refractivity contribution is 6.64. The topological polar surface area (TPSA) is 17.1 Å². The molecular weight excluding hydrogens is 196 g/mol. The maximum absolute atomic E-state index is 11.3. The molecule has 1 atom stereocenters. The van der Waals surface area contributed by atoms with Crippen LogP contribution in [0.5, 0.6) is 0 Å². The Kier molecular flexibility index (Phi) is 5.14. The second-order valence-corrected chi connectivity index (χ2v) is 5.55. The van der Waals surface area contributed by atoms with Crippen molar-refractivity contribution in [3.05, 3.63) is 0 Å². The molecule has 14 heavy (non-hydrogen) atoms. The van der Waals surface area contributed by atoms with Crippen LogP contribution >= 0.6 is 11.6 Å². The fraction of sp³-hybridized carbons (Fsp3) is 0.917. The number of carbonyl (C=O) groups excluding carboxylic acids is 1. The first-order valence-corrected chi connectivity index (χ1v) is 5.85. The molecule has 0 aromatic heterocycles. The van der Waals surface area contributed by atoms with Crippen molar-refractivity contribution in [3.8, 4) is 0 Å². The van der Waals surface area contributed by atoms with E-state index in [1.807, 2.05) is 13.8 Å². The van der Waals surface area contributed by atoms with Crippen molar-refractivity contribution in [1.29, 1.82) is 0 Å². The van der Waals surface area contributed by atoms with Crippen molar-refractivity contribution in [2.45, 2.75) is 60.3 Å². The molecule has 0 bridgehead atoms. The van der Waals surface area contributed by atoms with E-state index >= 15 is 0 Å². The number of halogens is 1. The molecular formula is C12H23ClO. The smallest absolute Gasteiger partial charge is 0.227 e. The fourth-order valence-corrected chi connectivity index (χ4v) is 1.43. The highest BCUT2D eigenvalue weighted by Crippen LogP contribution is 2.36. The minimum absolute atomic E-state index is 0.188. The van der Waals surface area contributed by atoms with Gasteiger partial charge in [0.05, 0.1) is 0 Å². The maximum Gasteiger partial charge on any atom is 0.227 e. The number of hydrogen-bond donors (Lipinski definition) is 0. The predicted molar refractivity (Wildman–Crippen MR) is 62.6 cm³/mol. The molecule has 0 aromatic rings. The first-order chi connectivity index (χ1) is 6.27. The van der Waals surface area contributed by atoms with Gasteiger partial charge in [-0.25, -0.2) is 0 Å². The lowest BCUT2D eigenvalue weighted by molar-refractivity contribution is -0.120. The summed E-state index contributed by atoms with van der Waals surface area (Å²) in [5, 5.41) is -0.188. The van der Waals surface area contributed by atoms with Crippen LogP contribution in [-0.2, 0) is 4.79 Å². The third-order valence-corrected chi connectivity index (χ3v) is 4.02. The molecule has 1 nitrogen and oxygen atoms in total.